The molecule has 2 aliphatic rings. The Kier molecular flexibility index (Phi) is 6.04. The van der Waals surface area contributed by atoms with E-state index in [0.717, 1.165) is 46.7 Å². The van der Waals surface area contributed by atoms with Gasteiger partial charge in [-0.3, -0.25) is 4.90 Å². The van der Waals surface area contributed by atoms with Crippen LogP contribution >= 0.6 is 11.3 Å². The van der Waals surface area contributed by atoms with E-state index in [9.17, 15) is 13.2 Å². The van der Waals surface area contributed by atoms with Crippen LogP contribution in [-0.4, -0.2) is 96.3 Å². The van der Waals surface area contributed by atoms with Crippen LogP contribution in [0.2, 0.25) is 0 Å². The lowest BCUT2D eigenvalue weighted by atomic mass is 10.2. The highest BCUT2D eigenvalue weighted by molar-refractivity contribution is 7.88. The molecule has 0 amide bonds. The van der Waals surface area contributed by atoms with Crippen molar-refractivity contribution in [2.45, 2.75) is 6.54 Å². The number of sulfonamides is 1. The Morgan fingerprint density at radius 1 is 1.00 bits per heavy atom. The smallest absolute Gasteiger partial charge is 0.323 e. The average molecular weight is 530 g/mol. The molecular weight excluding hydrogens is 502 g/mol. The van der Waals surface area contributed by atoms with Gasteiger partial charge >= 0.3 is 5.69 Å². The van der Waals surface area contributed by atoms with Gasteiger partial charge in [-0.15, -0.1) is 11.3 Å². The predicted molar refractivity (Wildman–Crippen MR) is 140 cm³/mol. The fraction of sp³-hybridized carbons (Fsp3) is 0.435. The van der Waals surface area contributed by atoms with Gasteiger partial charge in [-0.25, -0.2) is 23.2 Å². The number of H-pyrrole nitrogens is 2. The number of thiophene rings is 1. The second-order valence-electron chi connectivity index (χ2n) is 9.17. The minimum absolute atomic E-state index is 0.243. The Hall–Kier alpha value is -2.84. The predicted octanol–water partition coefficient (Wildman–Crippen LogP) is 1.44. The van der Waals surface area contributed by atoms with E-state index in [1.807, 2.05) is 18.2 Å². The molecule has 0 spiro atoms. The maximum atomic E-state index is 11.8. The van der Waals surface area contributed by atoms with Crippen molar-refractivity contribution in [3.05, 3.63) is 39.6 Å². The third-order valence-electron chi connectivity index (χ3n) is 6.67. The standard InChI is InChI=1S/C23H27N7O4S2/c1-36(32,33)30-6-4-28(5-7-30)14-16-13-19-20(35-16)22(29-8-10-34-11-9-29)27-21(24-19)15-2-3-17-18(12-15)26-23(31)25-17/h2-3,12-13H,4-11,14H2,1H3,(H2,25,26,31). The number of aromatic nitrogens is 4. The highest BCUT2D eigenvalue weighted by atomic mass is 32.2. The summed E-state index contributed by atoms with van der Waals surface area (Å²) in [6, 6.07) is 7.80. The summed E-state index contributed by atoms with van der Waals surface area (Å²) >= 11 is 1.69. The van der Waals surface area contributed by atoms with Gasteiger partial charge < -0.3 is 19.6 Å². The molecule has 13 heteroatoms. The molecule has 0 aliphatic carbocycles. The molecular formula is C23H27N7O4S2. The minimum atomic E-state index is -3.15. The number of morpholine rings is 1. The number of piperazine rings is 1. The van der Waals surface area contributed by atoms with E-state index in [-0.39, 0.29) is 5.69 Å². The quantitative estimate of drug-likeness (QED) is 0.398. The Bertz CT molecular complexity index is 1580. The van der Waals surface area contributed by atoms with Crippen LogP contribution < -0.4 is 10.6 Å². The zero-order chi connectivity index (χ0) is 24.9. The Morgan fingerprint density at radius 2 is 1.75 bits per heavy atom. The Morgan fingerprint density at radius 3 is 2.50 bits per heavy atom. The van der Waals surface area contributed by atoms with E-state index < -0.39 is 10.0 Å². The summed E-state index contributed by atoms with van der Waals surface area (Å²) in [6.45, 7) is 5.99. The van der Waals surface area contributed by atoms with Crippen molar-refractivity contribution in [3.8, 4) is 11.4 Å². The van der Waals surface area contributed by atoms with Gasteiger partial charge in [0.2, 0.25) is 10.0 Å². The van der Waals surface area contributed by atoms with Crippen LogP contribution in [0.1, 0.15) is 4.88 Å². The second-order valence-corrected chi connectivity index (χ2v) is 12.3. The second kappa shape index (κ2) is 9.23. The number of nitrogens with one attached hydrogen (secondary N) is 2. The van der Waals surface area contributed by atoms with Gasteiger partial charge in [0.05, 0.1) is 40.7 Å². The van der Waals surface area contributed by atoms with Crippen LogP contribution in [0, 0.1) is 0 Å². The molecule has 2 N–H and O–H groups in total. The molecule has 1 aromatic carbocycles. The van der Waals surface area contributed by atoms with Crippen molar-refractivity contribution in [1.82, 2.24) is 29.1 Å². The number of anilines is 1. The van der Waals surface area contributed by atoms with E-state index >= 15 is 0 Å². The summed E-state index contributed by atoms with van der Waals surface area (Å²) in [4.78, 5) is 32.9. The molecule has 2 saturated heterocycles. The number of aromatic amines is 2. The first-order chi connectivity index (χ1) is 17.3. The van der Waals surface area contributed by atoms with E-state index in [1.54, 1.807) is 11.3 Å². The number of hydrogen-bond donors (Lipinski definition) is 2. The number of hydrogen-bond acceptors (Lipinski definition) is 9. The minimum Gasteiger partial charge on any atom is -0.378 e. The SMILES string of the molecule is CS(=O)(=O)N1CCN(Cc2cc3nc(-c4ccc5[nH]c(=O)[nH]c5c4)nc(N4CCOCC4)c3s2)CC1. The lowest BCUT2D eigenvalue weighted by Crippen LogP contribution is -2.47. The van der Waals surface area contributed by atoms with Crippen LogP contribution in [0.3, 0.4) is 0 Å². The normalized spacial score (nSPS) is 18.4. The molecule has 2 aliphatic heterocycles. The summed E-state index contributed by atoms with van der Waals surface area (Å²) < 4.78 is 31.8. The van der Waals surface area contributed by atoms with Crippen molar-refractivity contribution in [1.29, 1.82) is 0 Å². The van der Waals surface area contributed by atoms with Gasteiger partial charge in [-0.05, 0) is 24.3 Å². The number of rotatable bonds is 5. The molecule has 0 saturated carbocycles. The molecule has 2 fully saturated rings. The zero-order valence-electron chi connectivity index (χ0n) is 19.9. The first kappa shape index (κ1) is 23.6. The molecule has 6 rings (SSSR count). The molecule has 36 heavy (non-hydrogen) atoms. The fourth-order valence-corrected chi connectivity index (χ4v) is 6.75. The van der Waals surface area contributed by atoms with Gasteiger partial charge in [0.25, 0.3) is 0 Å². The van der Waals surface area contributed by atoms with Crippen LogP contribution in [0.15, 0.2) is 29.1 Å². The molecule has 190 valence electrons. The van der Waals surface area contributed by atoms with Gasteiger partial charge in [0, 0.05) is 56.3 Å². The number of ether oxygens (including phenoxy) is 1. The van der Waals surface area contributed by atoms with Crippen LogP contribution in [0.4, 0.5) is 5.82 Å². The maximum Gasteiger partial charge on any atom is 0.323 e. The highest BCUT2D eigenvalue weighted by Crippen LogP contribution is 2.35. The summed E-state index contributed by atoms with van der Waals surface area (Å²) in [5, 5.41) is 0. The molecule has 11 nitrogen and oxygen atoms in total. The first-order valence-electron chi connectivity index (χ1n) is 11.9. The van der Waals surface area contributed by atoms with Crippen molar-refractivity contribution in [3.63, 3.8) is 0 Å². The van der Waals surface area contributed by atoms with Gasteiger partial charge in [0.15, 0.2) is 11.6 Å². The molecule has 5 heterocycles. The van der Waals surface area contributed by atoms with Crippen molar-refractivity contribution >= 4 is 48.4 Å². The third-order valence-corrected chi connectivity index (χ3v) is 9.08. The average Bonchev–Trinajstić information content (AvgIpc) is 3.44. The zero-order valence-corrected chi connectivity index (χ0v) is 21.5. The van der Waals surface area contributed by atoms with Crippen LogP contribution in [0.25, 0.3) is 32.6 Å². The molecule has 0 bridgehead atoms. The van der Waals surface area contributed by atoms with E-state index in [0.29, 0.717) is 50.7 Å². The van der Waals surface area contributed by atoms with Gasteiger partial charge in [0.1, 0.15) is 0 Å². The number of nitrogens with zero attached hydrogens (tertiary/aromatic N) is 5. The van der Waals surface area contributed by atoms with Crippen LogP contribution in [-0.2, 0) is 21.3 Å². The number of imidazole rings is 1. The molecule has 0 radical (unpaired) electrons. The third kappa shape index (κ3) is 4.64. The monoisotopic (exact) mass is 529 g/mol. The summed E-state index contributed by atoms with van der Waals surface area (Å²) in [6.07, 6.45) is 1.27. The molecule has 3 aromatic heterocycles. The van der Waals surface area contributed by atoms with Crippen LogP contribution in [0.5, 0.6) is 0 Å². The van der Waals surface area contributed by atoms with E-state index in [1.165, 1.54) is 15.4 Å². The van der Waals surface area contributed by atoms with E-state index in [2.05, 4.69) is 25.8 Å². The number of fused-ring (bicyclic) bond motifs is 2. The summed E-state index contributed by atoms with van der Waals surface area (Å²) in [7, 11) is -3.15. The topological polar surface area (TPSA) is 128 Å². The fourth-order valence-electron chi connectivity index (χ4n) is 4.77. The lowest BCUT2D eigenvalue weighted by Gasteiger charge is -2.32. The van der Waals surface area contributed by atoms with Crippen molar-refractivity contribution in [2.24, 2.45) is 0 Å². The molecule has 0 atom stereocenters. The Balaban J connectivity index is 1.34. The number of benzene rings is 1. The van der Waals surface area contributed by atoms with Gasteiger partial charge in [-0.2, -0.15) is 4.31 Å². The van der Waals surface area contributed by atoms with Crippen molar-refractivity contribution in [2.75, 3.05) is 63.6 Å². The van der Waals surface area contributed by atoms with Crippen molar-refractivity contribution < 1.29 is 13.2 Å². The Labute approximate surface area is 211 Å². The molecule has 4 aromatic rings. The summed E-state index contributed by atoms with van der Waals surface area (Å²) in [5.74, 6) is 1.51. The highest BCUT2D eigenvalue weighted by Gasteiger charge is 2.25. The summed E-state index contributed by atoms with van der Waals surface area (Å²) in [5.41, 5.74) is 2.94. The van der Waals surface area contributed by atoms with E-state index in [4.69, 9.17) is 14.7 Å². The maximum absolute atomic E-state index is 11.8. The largest absolute Gasteiger partial charge is 0.378 e. The molecule has 0 unspecified atom stereocenters. The lowest BCUT2D eigenvalue weighted by molar-refractivity contribution is 0.122. The van der Waals surface area contributed by atoms with Gasteiger partial charge in [-0.1, -0.05) is 0 Å². The first-order valence-corrected chi connectivity index (χ1v) is 14.5.